The molecular formula is C18H24N4O2S. The van der Waals surface area contributed by atoms with Crippen LogP contribution in [0.2, 0.25) is 0 Å². The van der Waals surface area contributed by atoms with Crippen LogP contribution >= 0.6 is 11.3 Å². The van der Waals surface area contributed by atoms with Gasteiger partial charge >= 0.3 is 0 Å². The Labute approximate surface area is 151 Å². The molecular weight excluding hydrogens is 336 g/mol. The quantitative estimate of drug-likeness (QED) is 0.887. The van der Waals surface area contributed by atoms with Gasteiger partial charge in [0.05, 0.1) is 12.0 Å². The van der Waals surface area contributed by atoms with Gasteiger partial charge in [0.25, 0.3) is 0 Å². The first-order valence-electron chi connectivity index (χ1n) is 8.90. The number of hydrogen-bond donors (Lipinski definition) is 1. The molecule has 4 rings (SSSR count). The molecule has 0 bridgehead atoms. The maximum atomic E-state index is 12.8. The van der Waals surface area contributed by atoms with E-state index in [-0.39, 0.29) is 11.9 Å². The summed E-state index contributed by atoms with van der Waals surface area (Å²) >= 11 is 1.76. The molecule has 0 saturated carbocycles. The zero-order chi connectivity index (χ0) is 17.1. The van der Waals surface area contributed by atoms with Crippen molar-refractivity contribution in [3.05, 3.63) is 40.6 Å². The zero-order valence-electron chi connectivity index (χ0n) is 14.3. The summed E-state index contributed by atoms with van der Waals surface area (Å²) in [4.78, 5) is 20.8. The van der Waals surface area contributed by atoms with Gasteiger partial charge in [-0.15, -0.1) is 11.3 Å². The number of carbonyl (C=O) groups is 1. The van der Waals surface area contributed by atoms with Crippen molar-refractivity contribution in [1.82, 2.24) is 19.8 Å². The number of thiophene rings is 1. The number of ether oxygens (including phenoxy) is 1. The van der Waals surface area contributed by atoms with Crippen LogP contribution in [0, 0.1) is 5.92 Å². The third-order valence-electron chi connectivity index (χ3n) is 5.07. The van der Waals surface area contributed by atoms with E-state index in [1.165, 1.54) is 4.88 Å². The first kappa shape index (κ1) is 16.8. The molecule has 6 nitrogen and oxygen atoms in total. The van der Waals surface area contributed by atoms with Gasteiger partial charge in [0.15, 0.2) is 0 Å². The van der Waals surface area contributed by atoms with Crippen LogP contribution in [-0.2, 0) is 22.6 Å². The highest BCUT2D eigenvalue weighted by atomic mass is 32.1. The van der Waals surface area contributed by atoms with Crippen LogP contribution in [0.4, 0.5) is 0 Å². The van der Waals surface area contributed by atoms with Crippen molar-refractivity contribution in [2.24, 2.45) is 5.92 Å². The van der Waals surface area contributed by atoms with E-state index in [2.05, 4.69) is 32.7 Å². The van der Waals surface area contributed by atoms with Crippen molar-refractivity contribution in [3.63, 3.8) is 0 Å². The Balaban J connectivity index is 1.41. The molecule has 1 fully saturated rings. The molecule has 2 aliphatic heterocycles. The molecule has 0 aromatic carbocycles. The fraction of sp³-hybridized carbons (Fsp3) is 0.556. The number of aromatic nitrogens is 2. The minimum absolute atomic E-state index is 0.0987. The Morgan fingerprint density at radius 2 is 2.28 bits per heavy atom. The zero-order valence-corrected chi connectivity index (χ0v) is 15.1. The van der Waals surface area contributed by atoms with E-state index >= 15 is 0 Å². The standard InChI is InChI=1S/C18H24N4O2S/c23-18(20-8-14-3-5-24-6-4-14)17-12-21(11-16-2-1-7-25-16)10-15-9-19-13-22(15)17/h1-2,7,9,13-14,17H,3-6,8,10-12H2,(H,20,23). The monoisotopic (exact) mass is 360 g/mol. The average molecular weight is 360 g/mol. The summed E-state index contributed by atoms with van der Waals surface area (Å²) in [5.41, 5.74) is 1.11. The molecule has 2 aliphatic rings. The molecule has 0 radical (unpaired) electrons. The smallest absolute Gasteiger partial charge is 0.244 e. The maximum absolute atomic E-state index is 12.8. The Morgan fingerprint density at radius 3 is 3.08 bits per heavy atom. The maximum Gasteiger partial charge on any atom is 0.244 e. The van der Waals surface area contributed by atoms with E-state index in [9.17, 15) is 4.79 Å². The summed E-state index contributed by atoms with van der Waals surface area (Å²) in [6.07, 6.45) is 5.73. The number of imidazole rings is 1. The molecule has 2 aromatic rings. The predicted octanol–water partition coefficient (Wildman–Crippen LogP) is 2.04. The van der Waals surface area contributed by atoms with Gasteiger partial charge in [-0.1, -0.05) is 6.07 Å². The number of nitrogens with zero attached hydrogens (tertiary/aromatic N) is 3. The lowest BCUT2D eigenvalue weighted by Gasteiger charge is -2.33. The van der Waals surface area contributed by atoms with Gasteiger partial charge in [-0.3, -0.25) is 9.69 Å². The molecule has 1 unspecified atom stereocenters. The summed E-state index contributed by atoms with van der Waals surface area (Å²) in [7, 11) is 0. The molecule has 1 amide bonds. The number of nitrogens with one attached hydrogen (secondary N) is 1. The minimum atomic E-state index is -0.203. The minimum Gasteiger partial charge on any atom is -0.381 e. The summed E-state index contributed by atoms with van der Waals surface area (Å²) in [6.45, 7) is 4.80. The van der Waals surface area contributed by atoms with Crippen LogP contribution in [-0.4, -0.2) is 46.7 Å². The van der Waals surface area contributed by atoms with Gasteiger partial charge in [0.2, 0.25) is 5.91 Å². The molecule has 0 aliphatic carbocycles. The number of fused-ring (bicyclic) bond motifs is 1. The highest BCUT2D eigenvalue weighted by Gasteiger charge is 2.30. The van der Waals surface area contributed by atoms with Gasteiger partial charge in [0.1, 0.15) is 6.04 Å². The Bertz CT molecular complexity index is 694. The number of rotatable bonds is 5. The SMILES string of the molecule is O=C(NCC1CCOCC1)C1CN(Cc2cccs2)Cc2cncn21. The summed E-state index contributed by atoms with van der Waals surface area (Å²) in [6, 6.07) is 4.02. The second kappa shape index (κ2) is 7.68. The molecule has 1 saturated heterocycles. The highest BCUT2D eigenvalue weighted by molar-refractivity contribution is 7.09. The van der Waals surface area contributed by atoms with Gasteiger partial charge in [-0.05, 0) is 30.2 Å². The van der Waals surface area contributed by atoms with Crippen molar-refractivity contribution in [2.45, 2.75) is 32.0 Å². The predicted molar refractivity (Wildman–Crippen MR) is 96.2 cm³/mol. The van der Waals surface area contributed by atoms with Crippen LogP contribution in [0.5, 0.6) is 0 Å². The normalized spacial score (nSPS) is 21.8. The lowest BCUT2D eigenvalue weighted by atomic mass is 10.0. The number of amides is 1. The number of carbonyl (C=O) groups excluding carboxylic acids is 1. The lowest BCUT2D eigenvalue weighted by Crippen LogP contribution is -2.45. The van der Waals surface area contributed by atoms with E-state index < -0.39 is 0 Å². The fourth-order valence-corrected chi connectivity index (χ4v) is 4.37. The molecule has 0 spiro atoms. The van der Waals surface area contributed by atoms with E-state index in [4.69, 9.17) is 4.74 Å². The molecule has 1 N–H and O–H groups in total. The molecule has 134 valence electrons. The first-order chi connectivity index (χ1) is 12.3. The lowest BCUT2D eigenvalue weighted by molar-refractivity contribution is -0.126. The largest absolute Gasteiger partial charge is 0.381 e. The van der Waals surface area contributed by atoms with Crippen molar-refractivity contribution in [2.75, 3.05) is 26.3 Å². The highest BCUT2D eigenvalue weighted by Crippen LogP contribution is 2.24. The van der Waals surface area contributed by atoms with Crippen LogP contribution in [0.1, 0.15) is 29.5 Å². The van der Waals surface area contributed by atoms with Crippen LogP contribution in [0.25, 0.3) is 0 Å². The third-order valence-corrected chi connectivity index (χ3v) is 5.93. The van der Waals surface area contributed by atoms with Gasteiger partial charge in [-0.25, -0.2) is 4.98 Å². The molecule has 7 heteroatoms. The van der Waals surface area contributed by atoms with Crippen LogP contribution < -0.4 is 5.32 Å². The summed E-state index contributed by atoms with van der Waals surface area (Å²) in [5, 5.41) is 5.26. The number of hydrogen-bond acceptors (Lipinski definition) is 5. The molecule has 25 heavy (non-hydrogen) atoms. The van der Waals surface area contributed by atoms with Crippen molar-refractivity contribution in [3.8, 4) is 0 Å². The van der Waals surface area contributed by atoms with E-state index in [1.54, 1.807) is 17.7 Å². The van der Waals surface area contributed by atoms with E-state index in [0.29, 0.717) is 5.92 Å². The molecule has 1 atom stereocenters. The Morgan fingerprint density at radius 1 is 1.40 bits per heavy atom. The van der Waals surface area contributed by atoms with E-state index in [1.807, 2.05) is 10.8 Å². The topological polar surface area (TPSA) is 59.4 Å². The fourth-order valence-electron chi connectivity index (χ4n) is 3.63. The molecule has 2 aromatic heterocycles. The summed E-state index contributed by atoms with van der Waals surface area (Å²) < 4.78 is 7.42. The van der Waals surface area contributed by atoms with Crippen molar-refractivity contribution in [1.29, 1.82) is 0 Å². The van der Waals surface area contributed by atoms with Gasteiger partial charge < -0.3 is 14.6 Å². The summed E-state index contributed by atoms with van der Waals surface area (Å²) in [5.74, 6) is 0.632. The second-order valence-corrected chi connectivity index (χ2v) is 7.89. The van der Waals surface area contributed by atoms with E-state index in [0.717, 1.165) is 57.9 Å². The first-order valence-corrected chi connectivity index (χ1v) is 9.78. The van der Waals surface area contributed by atoms with Crippen LogP contribution in [0.3, 0.4) is 0 Å². The Kier molecular flexibility index (Phi) is 5.14. The molecule has 4 heterocycles. The van der Waals surface area contributed by atoms with Gasteiger partial charge in [-0.2, -0.15) is 0 Å². The second-order valence-electron chi connectivity index (χ2n) is 6.86. The Hall–Kier alpha value is -1.70. The third kappa shape index (κ3) is 3.94. The van der Waals surface area contributed by atoms with Gasteiger partial charge in [0, 0.05) is 50.5 Å². The van der Waals surface area contributed by atoms with Crippen LogP contribution in [0.15, 0.2) is 30.0 Å². The van der Waals surface area contributed by atoms with Crippen molar-refractivity contribution < 1.29 is 9.53 Å². The average Bonchev–Trinajstić information content (AvgIpc) is 3.31. The van der Waals surface area contributed by atoms with Crippen molar-refractivity contribution >= 4 is 17.2 Å².